The van der Waals surface area contributed by atoms with E-state index in [2.05, 4.69) is 27.7 Å². The topological polar surface area (TPSA) is 76.8 Å². The number of nitrogens with zero attached hydrogens (tertiary/aromatic N) is 3. The minimum atomic E-state index is -0.937. The molecule has 0 spiro atoms. The Hall–Kier alpha value is -3.36. The number of hydrogen-bond donors (Lipinski definition) is 1. The SMILES string of the molecule is O=C(O)c1ccc2nc(CN3CC(=Cc4cccc(COc5ccc(Cl)cc5Cl)c4)C3)n(CC3CCO3)c2c1. The van der Waals surface area contributed by atoms with Crippen molar-refractivity contribution in [3.63, 3.8) is 0 Å². The standard InChI is InChI=1S/C30H27Cl2N3O4/c31-23-5-7-28(25(32)13-23)39-18-20-3-1-2-19(10-20)11-21-14-34(15-21)17-29-33-26-6-4-22(30(36)37)12-27(26)35(29)16-24-8-9-38-24/h1-7,10-13,24H,8-9,14-18H2,(H,36,37). The smallest absolute Gasteiger partial charge is 0.335 e. The van der Waals surface area contributed by atoms with Gasteiger partial charge in [0.15, 0.2) is 0 Å². The molecule has 200 valence electrons. The second-order valence-electron chi connectivity index (χ2n) is 9.98. The minimum absolute atomic E-state index is 0.147. The average Bonchev–Trinajstić information content (AvgIpc) is 3.20. The fourth-order valence-corrected chi connectivity index (χ4v) is 5.42. The van der Waals surface area contributed by atoms with E-state index in [-0.39, 0.29) is 11.7 Å². The first-order valence-electron chi connectivity index (χ1n) is 12.8. The summed E-state index contributed by atoms with van der Waals surface area (Å²) in [5.41, 5.74) is 5.44. The third-order valence-electron chi connectivity index (χ3n) is 7.08. The fraction of sp³-hybridized carbons (Fsp3) is 0.267. The van der Waals surface area contributed by atoms with Crippen molar-refractivity contribution >= 4 is 46.3 Å². The van der Waals surface area contributed by atoms with Crippen LogP contribution < -0.4 is 4.74 Å². The van der Waals surface area contributed by atoms with Crippen molar-refractivity contribution in [2.75, 3.05) is 19.7 Å². The lowest BCUT2D eigenvalue weighted by Crippen LogP contribution is -2.40. The number of benzene rings is 3. The first kappa shape index (κ1) is 25.9. The predicted molar refractivity (Wildman–Crippen MR) is 152 cm³/mol. The number of carboxylic acids is 1. The Morgan fingerprint density at radius 2 is 1.97 bits per heavy atom. The van der Waals surface area contributed by atoms with Crippen molar-refractivity contribution in [2.24, 2.45) is 0 Å². The maximum Gasteiger partial charge on any atom is 0.335 e. The van der Waals surface area contributed by atoms with Crippen LogP contribution in [-0.4, -0.2) is 51.3 Å². The molecule has 0 aliphatic carbocycles. The number of halogens is 2. The van der Waals surface area contributed by atoms with Crippen molar-refractivity contribution < 1.29 is 19.4 Å². The highest BCUT2D eigenvalue weighted by Gasteiger charge is 2.26. The molecule has 9 heteroatoms. The zero-order chi connectivity index (χ0) is 26.9. The Bertz CT molecular complexity index is 1570. The molecule has 2 aliphatic heterocycles. The number of aromatic carboxylic acids is 1. The van der Waals surface area contributed by atoms with Gasteiger partial charge in [0.2, 0.25) is 0 Å². The van der Waals surface area contributed by atoms with Crippen molar-refractivity contribution in [2.45, 2.75) is 32.2 Å². The summed E-state index contributed by atoms with van der Waals surface area (Å²) >= 11 is 12.2. The Labute approximate surface area is 236 Å². The Balaban J connectivity index is 1.11. The van der Waals surface area contributed by atoms with Crippen LogP contribution >= 0.6 is 23.2 Å². The zero-order valence-corrected chi connectivity index (χ0v) is 22.7. The van der Waals surface area contributed by atoms with E-state index in [0.29, 0.717) is 35.5 Å². The summed E-state index contributed by atoms with van der Waals surface area (Å²) in [6.07, 6.45) is 3.37. The van der Waals surface area contributed by atoms with Gasteiger partial charge in [0.05, 0.1) is 40.8 Å². The van der Waals surface area contributed by atoms with Gasteiger partial charge >= 0.3 is 5.97 Å². The minimum Gasteiger partial charge on any atom is -0.487 e. The van der Waals surface area contributed by atoms with E-state index in [1.54, 1.807) is 36.4 Å². The van der Waals surface area contributed by atoms with E-state index in [0.717, 1.165) is 54.1 Å². The number of likely N-dealkylation sites (tertiary alicyclic amines) is 1. The van der Waals surface area contributed by atoms with Crippen molar-refractivity contribution in [1.29, 1.82) is 0 Å². The van der Waals surface area contributed by atoms with Gasteiger partial charge in [0.1, 0.15) is 18.2 Å². The molecule has 0 radical (unpaired) electrons. The summed E-state index contributed by atoms with van der Waals surface area (Å²) in [7, 11) is 0. The van der Waals surface area contributed by atoms with Crippen LogP contribution in [0.15, 0.2) is 66.2 Å². The lowest BCUT2D eigenvalue weighted by atomic mass is 10.0. The van der Waals surface area contributed by atoms with Gasteiger partial charge in [0, 0.05) is 24.7 Å². The van der Waals surface area contributed by atoms with E-state index < -0.39 is 5.97 Å². The fourth-order valence-electron chi connectivity index (χ4n) is 4.96. The summed E-state index contributed by atoms with van der Waals surface area (Å²) < 4.78 is 13.7. The first-order chi connectivity index (χ1) is 18.9. The number of rotatable bonds is 9. The number of carboxylic acid groups (broad SMARTS) is 1. The highest BCUT2D eigenvalue weighted by Crippen LogP contribution is 2.29. The molecular formula is C30H27Cl2N3O4. The molecule has 39 heavy (non-hydrogen) atoms. The molecule has 3 aromatic carbocycles. The van der Waals surface area contributed by atoms with E-state index in [9.17, 15) is 9.90 Å². The Morgan fingerprint density at radius 3 is 2.72 bits per heavy atom. The van der Waals surface area contributed by atoms with Gasteiger partial charge in [0.25, 0.3) is 0 Å². The lowest BCUT2D eigenvalue weighted by Gasteiger charge is -2.34. The van der Waals surface area contributed by atoms with Gasteiger partial charge in [-0.25, -0.2) is 9.78 Å². The van der Waals surface area contributed by atoms with Crippen LogP contribution in [0.5, 0.6) is 5.75 Å². The van der Waals surface area contributed by atoms with Crippen LogP contribution in [0.1, 0.15) is 33.7 Å². The second kappa shape index (κ2) is 11.0. The molecule has 0 bridgehead atoms. The van der Waals surface area contributed by atoms with Gasteiger partial charge in [-0.05, 0) is 65.6 Å². The summed E-state index contributed by atoms with van der Waals surface area (Å²) in [4.78, 5) is 18.7. The Morgan fingerprint density at radius 1 is 1.13 bits per heavy atom. The molecule has 1 atom stereocenters. The van der Waals surface area contributed by atoms with E-state index in [1.165, 1.54) is 5.57 Å². The Kier molecular flexibility index (Phi) is 7.32. The molecular weight excluding hydrogens is 537 g/mol. The molecule has 7 nitrogen and oxygen atoms in total. The number of fused-ring (bicyclic) bond motifs is 1. The maximum absolute atomic E-state index is 11.5. The molecule has 0 saturated carbocycles. The van der Waals surface area contributed by atoms with E-state index >= 15 is 0 Å². The zero-order valence-electron chi connectivity index (χ0n) is 21.1. The first-order valence-corrected chi connectivity index (χ1v) is 13.6. The molecule has 2 saturated heterocycles. The summed E-state index contributed by atoms with van der Waals surface area (Å²) in [5, 5.41) is 10.5. The van der Waals surface area contributed by atoms with Crippen molar-refractivity contribution in [3.8, 4) is 5.75 Å². The van der Waals surface area contributed by atoms with Crippen molar-refractivity contribution in [1.82, 2.24) is 14.5 Å². The molecule has 2 fully saturated rings. The maximum atomic E-state index is 11.5. The van der Waals surface area contributed by atoms with Crippen molar-refractivity contribution in [3.05, 3.63) is 98.8 Å². The molecule has 2 aliphatic rings. The molecule has 1 aromatic heterocycles. The summed E-state index contributed by atoms with van der Waals surface area (Å²) in [6.45, 7) is 4.26. The highest BCUT2D eigenvalue weighted by atomic mass is 35.5. The largest absolute Gasteiger partial charge is 0.487 e. The lowest BCUT2D eigenvalue weighted by molar-refractivity contribution is -0.0592. The number of carbonyl (C=O) groups is 1. The number of hydrogen-bond acceptors (Lipinski definition) is 5. The van der Waals surface area contributed by atoms with Crippen LogP contribution in [0.3, 0.4) is 0 Å². The molecule has 1 unspecified atom stereocenters. The van der Waals surface area contributed by atoms with Gasteiger partial charge < -0.3 is 19.1 Å². The quantitative estimate of drug-likeness (QED) is 0.257. The number of ether oxygens (including phenoxy) is 2. The van der Waals surface area contributed by atoms with Crippen LogP contribution in [0.2, 0.25) is 10.0 Å². The molecule has 3 heterocycles. The van der Waals surface area contributed by atoms with E-state index in [1.807, 2.05) is 12.1 Å². The van der Waals surface area contributed by atoms with Crippen LogP contribution in [0.4, 0.5) is 0 Å². The van der Waals surface area contributed by atoms with E-state index in [4.69, 9.17) is 37.7 Å². The third kappa shape index (κ3) is 5.82. The molecule has 4 aromatic rings. The molecule has 6 rings (SSSR count). The van der Waals surface area contributed by atoms with Crippen LogP contribution in [-0.2, 0) is 24.4 Å². The van der Waals surface area contributed by atoms with Gasteiger partial charge in [-0.2, -0.15) is 0 Å². The molecule has 0 amide bonds. The molecule has 1 N–H and O–H groups in total. The van der Waals surface area contributed by atoms with Crippen LogP contribution in [0, 0.1) is 0 Å². The van der Waals surface area contributed by atoms with Gasteiger partial charge in [-0.1, -0.05) is 47.5 Å². The summed E-state index contributed by atoms with van der Waals surface area (Å²) in [6, 6.07) is 18.6. The number of imidazole rings is 1. The average molecular weight is 564 g/mol. The predicted octanol–water partition coefficient (Wildman–Crippen LogP) is 6.31. The van der Waals surface area contributed by atoms with Gasteiger partial charge in [-0.15, -0.1) is 0 Å². The monoisotopic (exact) mass is 563 g/mol. The van der Waals surface area contributed by atoms with Crippen LogP contribution in [0.25, 0.3) is 17.1 Å². The third-order valence-corrected chi connectivity index (χ3v) is 7.61. The highest BCUT2D eigenvalue weighted by molar-refractivity contribution is 6.35. The summed E-state index contributed by atoms with van der Waals surface area (Å²) in [5.74, 6) is 0.601. The number of aromatic nitrogens is 2. The normalized spacial score (nSPS) is 17.1. The second-order valence-corrected chi connectivity index (χ2v) is 10.8. The van der Waals surface area contributed by atoms with Gasteiger partial charge in [-0.3, -0.25) is 4.90 Å².